The Bertz CT molecular complexity index is 466. The van der Waals surface area contributed by atoms with Crippen LogP contribution in [0.1, 0.15) is 19.4 Å². The molecule has 1 aromatic heterocycles. The number of anilines is 1. The van der Waals surface area contributed by atoms with Crippen molar-refractivity contribution >= 4 is 23.2 Å². The van der Waals surface area contributed by atoms with E-state index in [0.29, 0.717) is 5.56 Å². The van der Waals surface area contributed by atoms with Crippen molar-refractivity contribution in [1.29, 1.82) is 0 Å². The van der Waals surface area contributed by atoms with Crippen LogP contribution in [-0.2, 0) is 0 Å². The highest BCUT2D eigenvalue weighted by atomic mass is 16.6. The normalized spacial score (nSPS) is 12.0. The van der Waals surface area contributed by atoms with Crippen molar-refractivity contribution in [2.45, 2.75) is 13.8 Å². The minimum absolute atomic E-state index is 0.111. The van der Waals surface area contributed by atoms with Gasteiger partial charge in [0.15, 0.2) is 0 Å². The van der Waals surface area contributed by atoms with Gasteiger partial charge in [-0.25, -0.2) is 0 Å². The van der Waals surface area contributed by atoms with Crippen molar-refractivity contribution < 1.29 is 4.92 Å². The Morgan fingerprint density at radius 3 is 2.88 bits per heavy atom. The highest BCUT2D eigenvalue weighted by molar-refractivity contribution is 5.78. The fraction of sp³-hybridized carbons (Fsp3) is 0.200. The maximum Gasteiger partial charge on any atom is 0.310 e. The molecule has 1 heterocycles. The molecule has 16 heavy (non-hydrogen) atoms. The molecule has 0 saturated heterocycles. The van der Waals surface area contributed by atoms with Gasteiger partial charge in [-0.1, -0.05) is 0 Å². The molecule has 0 aliphatic carbocycles. The second kappa shape index (κ2) is 5.01. The number of nitrogen functional groups attached to an aromatic ring is 1. The maximum atomic E-state index is 10.6. The van der Waals surface area contributed by atoms with E-state index < -0.39 is 4.92 Å². The van der Waals surface area contributed by atoms with Crippen molar-refractivity contribution in [2.24, 2.45) is 4.99 Å². The molecule has 0 fully saturated rings. The molecule has 0 spiro atoms. The predicted molar refractivity (Wildman–Crippen MR) is 63.1 cm³/mol. The third kappa shape index (κ3) is 2.41. The van der Waals surface area contributed by atoms with Gasteiger partial charge in [0.05, 0.1) is 4.92 Å². The molecular formula is C10H12N4O2. The maximum absolute atomic E-state index is 10.6. The Labute approximate surface area is 92.7 Å². The van der Waals surface area contributed by atoms with Crippen LogP contribution in [-0.4, -0.2) is 16.1 Å². The average molecular weight is 220 g/mol. The zero-order chi connectivity index (χ0) is 12.1. The van der Waals surface area contributed by atoms with Crippen molar-refractivity contribution in [2.75, 3.05) is 5.73 Å². The van der Waals surface area contributed by atoms with Crippen molar-refractivity contribution in [1.82, 2.24) is 4.98 Å². The Kier molecular flexibility index (Phi) is 3.71. The quantitative estimate of drug-likeness (QED) is 0.479. The molecule has 0 amide bonds. The van der Waals surface area contributed by atoms with Gasteiger partial charge in [0.2, 0.25) is 0 Å². The number of nitro groups is 1. The SMILES string of the molecule is CC=N/C=C(\C)c1cncc([N+](=O)[O-])c1N. The summed E-state index contributed by atoms with van der Waals surface area (Å²) in [6, 6.07) is 0. The highest BCUT2D eigenvalue weighted by Gasteiger charge is 2.15. The summed E-state index contributed by atoms with van der Waals surface area (Å²) in [6.07, 6.45) is 5.82. The van der Waals surface area contributed by atoms with E-state index in [4.69, 9.17) is 5.73 Å². The average Bonchev–Trinajstić information content (AvgIpc) is 2.25. The van der Waals surface area contributed by atoms with Crippen LogP contribution in [0.25, 0.3) is 5.57 Å². The largest absolute Gasteiger partial charge is 0.393 e. The molecule has 0 aliphatic heterocycles. The molecule has 0 unspecified atom stereocenters. The number of aromatic nitrogens is 1. The molecule has 2 N–H and O–H groups in total. The van der Waals surface area contributed by atoms with Gasteiger partial charge in [0.25, 0.3) is 0 Å². The first-order valence-electron chi connectivity index (χ1n) is 4.60. The Hall–Kier alpha value is -2.24. The van der Waals surface area contributed by atoms with Gasteiger partial charge in [-0.15, -0.1) is 0 Å². The fourth-order valence-corrected chi connectivity index (χ4v) is 1.18. The highest BCUT2D eigenvalue weighted by Crippen LogP contribution is 2.28. The molecule has 6 heteroatoms. The first-order chi connectivity index (χ1) is 7.57. The first-order valence-corrected chi connectivity index (χ1v) is 4.60. The standard InChI is InChI=1S/C10H12N4O2/c1-3-12-4-7(2)8-5-13-6-9(10(8)11)14(15)16/h3-6H,1-2H3,(H2,11,13)/b7-4+,12-3?. The minimum Gasteiger partial charge on any atom is -0.393 e. The minimum atomic E-state index is -0.553. The van der Waals surface area contributed by atoms with E-state index in [1.165, 1.54) is 6.20 Å². The number of rotatable bonds is 3. The Morgan fingerprint density at radius 2 is 2.31 bits per heavy atom. The van der Waals surface area contributed by atoms with Crippen LogP contribution in [0.2, 0.25) is 0 Å². The lowest BCUT2D eigenvalue weighted by Gasteiger charge is -2.04. The third-order valence-electron chi connectivity index (χ3n) is 2.01. The summed E-state index contributed by atoms with van der Waals surface area (Å²) in [6.45, 7) is 3.54. The van der Waals surface area contributed by atoms with Gasteiger partial charge in [0, 0.05) is 24.2 Å². The van der Waals surface area contributed by atoms with Crippen LogP contribution in [0.3, 0.4) is 0 Å². The Balaban J connectivity index is 3.25. The van der Waals surface area contributed by atoms with Crippen molar-refractivity contribution in [3.05, 3.63) is 34.3 Å². The zero-order valence-electron chi connectivity index (χ0n) is 9.04. The van der Waals surface area contributed by atoms with Crippen LogP contribution in [0.4, 0.5) is 11.4 Å². The van der Waals surface area contributed by atoms with Crippen LogP contribution < -0.4 is 5.73 Å². The topological polar surface area (TPSA) is 94.4 Å². The summed E-state index contributed by atoms with van der Waals surface area (Å²) in [5.74, 6) is 0. The van der Waals surface area contributed by atoms with Gasteiger partial charge >= 0.3 is 5.69 Å². The van der Waals surface area contributed by atoms with Crippen LogP contribution >= 0.6 is 0 Å². The summed E-state index contributed by atoms with van der Waals surface area (Å²) in [7, 11) is 0. The molecule has 0 saturated carbocycles. The molecular weight excluding hydrogens is 208 g/mol. The number of hydrogen-bond acceptors (Lipinski definition) is 5. The number of pyridine rings is 1. The summed E-state index contributed by atoms with van der Waals surface area (Å²) in [5, 5.41) is 10.6. The summed E-state index contributed by atoms with van der Waals surface area (Å²) < 4.78 is 0. The van der Waals surface area contributed by atoms with E-state index in [1.54, 1.807) is 26.3 Å². The molecule has 0 aromatic carbocycles. The van der Waals surface area contributed by atoms with E-state index in [1.807, 2.05) is 0 Å². The molecule has 84 valence electrons. The van der Waals surface area contributed by atoms with E-state index in [2.05, 4.69) is 9.98 Å². The lowest BCUT2D eigenvalue weighted by molar-refractivity contribution is -0.384. The molecule has 6 nitrogen and oxygen atoms in total. The van der Waals surface area contributed by atoms with Crippen LogP contribution in [0.15, 0.2) is 23.6 Å². The predicted octanol–water partition coefficient (Wildman–Crippen LogP) is 2.02. The van der Waals surface area contributed by atoms with Gasteiger partial charge < -0.3 is 5.73 Å². The lowest BCUT2D eigenvalue weighted by Crippen LogP contribution is -2.00. The van der Waals surface area contributed by atoms with E-state index in [9.17, 15) is 10.1 Å². The van der Waals surface area contributed by atoms with Gasteiger partial charge in [-0.3, -0.25) is 20.1 Å². The molecule has 0 aliphatic rings. The van der Waals surface area contributed by atoms with Crippen molar-refractivity contribution in [3.8, 4) is 0 Å². The van der Waals surface area contributed by atoms with Crippen LogP contribution in [0.5, 0.6) is 0 Å². The van der Waals surface area contributed by atoms with E-state index >= 15 is 0 Å². The number of nitrogens with zero attached hydrogens (tertiary/aromatic N) is 3. The monoisotopic (exact) mass is 220 g/mol. The fourth-order valence-electron chi connectivity index (χ4n) is 1.18. The number of hydrogen-bond donors (Lipinski definition) is 1. The third-order valence-corrected chi connectivity index (χ3v) is 2.01. The summed E-state index contributed by atoms with van der Waals surface area (Å²) >= 11 is 0. The summed E-state index contributed by atoms with van der Waals surface area (Å²) in [5.41, 5.74) is 6.86. The van der Waals surface area contributed by atoms with Gasteiger partial charge in [0.1, 0.15) is 11.9 Å². The molecule has 1 aromatic rings. The van der Waals surface area contributed by atoms with E-state index in [-0.39, 0.29) is 11.4 Å². The Morgan fingerprint density at radius 1 is 1.62 bits per heavy atom. The van der Waals surface area contributed by atoms with Gasteiger partial charge in [-0.2, -0.15) is 0 Å². The summed E-state index contributed by atoms with van der Waals surface area (Å²) in [4.78, 5) is 17.8. The van der Waals surface area contributed by atoms with Crippen molar-refractivity contribution in [3.63, 3.8) is 0 Å². The number of nitrogens with two attached hydrogens (primary N) is 1. The second-order valence-corrected chi connectivity index (χ2v) is 3.10. The molecule has 0 atom stereocenters. The smallest absolute Gasteiger partial charge is 0.310 e. The molecule has 0 bridgehead atoms. The number of allylic oxidation sites excluding steroid dienone is 1. The van der Waals surface area contributed by atoms with Crippen LogP contribution in [0, 0.1) is 10.1 Å². The number of aliphatic imine (C=N–C) groups is 1. The van der Waals surface area contributed by atoms with Gasteiger partial charge in [-0.05, 0) is 19.4 Å². The zero-order valence-corrected chi connectivity index (χ0v) is 9.04. The van der Waals surface area contributed by atoms with E-state index in [0.717, 1.165) is 11.8 Å². The first kappa shape index (κ1) is 11.8. The molecule has 1 rings (SSSR count). The second-order valence-electron chi connectivity index (χ2n) is 3.10. The lowest BCUT2D eigenvalue weighted by atomic mass is 10.1. The molecule has 0 radical (unpaired) electrons.